The first-order chi connectivity index (χ1) is 9.31. The Morgan fingerprint density at radius 1 is 1.43 bits per heavy atom. The van der Waals surface area contributed by atoms with Crippen LogP contribution in [-0.2, 0) is 11.3 Å². The van der Waals surface area contributed by atoms with Gasteiger partial charge in [0.1, 0.15) is 5.65 Å². The summed E-state index contributed by atoms with van der Waals surface area (Å²) < 4.78 is 1.95. The SMILES string of the molecule is Cl.Cl.O=C(CC1CCCN1)NCc1ccn2ccnc2c1. The molecule has 2 N–H and O–H groups in total. The van der Waals surface area contributed by atoms with E-state index in [2.05, 4.69) is 15.6 Å². The fourth-order valence-corrected chi connectivity index (χ4v) is 2.49. The molecule has 0 spiro atoms. The van der Waals surface area contributed by atoms with Gasteiger partial charge in [0.25, 0.3) is 0 Å². The van der Waals surface area contributed by atoms with Crippen molar-refractivity contribution in [2.75, 3.05) is 6.54 Å². The van der Waals surface area contributed by atoms with Crippen molar-refractivity contribution in [1.82, 2.24) is 20.0 Å². The van der Waals surface area contributed by atoms with E-state index in [1.165, 1.54) is 6.42 Å². The van der Waals surface area contributed by atoms with Crippen molar-refractivity contribution in [3.8, 4) is 0 Å². The highest BCUT2D eigenvalue weighted by Crippen LogP contribution is 2.09. The first kappa shape index (κ1) is 17.8. The number of imidazole rings is 1. The van der Waals surface area contributed by atoms with Crippen LogP contribution in [0.3, 0.4) is 0 Å². The third kappa shape index (κ3) is 4.59. The van der Waals surface area contributed by atoms with Crippen molar-refractivity contribution >= 4 is 36.4 Å². The van der Waals surface area contributed by atoms with Gasteiger partial charge in [-0.2, -0.15) is 0 Å². The molecule has 116 valence electrons. The second-order valence-electron chi connectivity index (χ2n) is 5.00. The predicted octanol–water partition coefficient (Wildman–Crippen LogP) is 1.94. The third-order valence-electron chi connectivity index (χ3n) is 3.55. The van der Waals surface area contributed by atoms with Crippen LogP contribution in [0.4, 0.5) is 0 Å². The zero-order valence-corrected chi connectivity index (χ0v) is 13.3. The summed E-state index contributed by atoms with van der Waals surface area (Å²) >= 11 is 0. The van der Waals surface area contributed by atoms with E-state index in [0.29, 0.717) is 19.0 Å². The predicted molar refractivity (Wildman–Crippen MR) is 87.2 cm³/mol. The molecule has 1 unspecified atom stereocenters. The van der Waals surface area contributed by atoms with Crippen molar-refractivity contribution in [3.63, 3.8) is 0 Å². The van der Waals surface area contributed by atoms with Gasteiger partial charge >= 0.3 is 0 Å². The molecule has 0 aromatic carbocycles. The van der Waals surface area contributed by atoms with Crippen molar-refractivity contribution in [2.45, 2.75) is 31.8 Å². The lowest BCUT2D eigenvalue weighted by Crippen LogP contribution is -2.31. The topological polar surface area (TPSA) is 58.4 Å². The smallest absolute Gasteiger partial charge is 0.221 e. The number of rotatable bonds is 4. The molecule has 2 aromatic heterocycles. The number of pyridine rings is 1. The molecule has 3 heterocycles. The number of halogens is 2. The standard InChI is InChI=1S/C14H18N4O.2ClH/c19-14(9-12-2-1-4-15-12)17-10-11-3-6-18-7-5-16-13(18)8-11;;/h3,5-8,12,15H,1-2,4,9-10H2,(H,17,19);2*1H. The van der Waals surface area contributed by atoms with Gasteiger partial charge in [-0.15, -0.1) is 24.8 Å². The molecule has 1 aliphatic heterocycles. The van der Waals surface area contributed by atoms with Crippen LogP contribution in [0, 0.1) is 0 Å². The van der Waals surface area contributed by atoms with E-state index in [-0.39, 0.29) is 30.7 Å². The highest BCUT2D eigenvalue weighted by atomic mass is 35.5. The maximum atomic E-state index is 11.8. The second-order valence-corrected chi connectivity index (χ2v) is 5.00. The van der Waals surface area contributed by atoms with Crippen LogP contribution in [0.25, 0.3) is 5.65 Å². The minimum atomic E-state index is 0. The minimum Gasteiger partial charge on any atom is -0.352 e. The molecular weight excluding hydrogens is 311 g/mol. The number of nitrogens with one attached hydrogen (secondary N) is 2. The summed E-state index contributed by atoms with van der Waals surface area (Å²) in [6.45, 7) is 1.60. The second kappa shape index (κ2) is 8.22. The number of hydrogen-bond donors (Lipinski definition) is 2. The third-order valence-corrected chi connectivity index (χ3v) is 3.55. The van der Waals surface area contributed by atoms with Gasteiger partial charge in [-0.3, -0.25) is 4.79 Å². The largest absolute Gasteiger partial charge is 0.352 e. The fourth-order valence-electron chi connectivity index (χ4n) is 2.49. The van der Waals surface area contributed by atoms with Gasteiger partial charge in [0.05, 0.1) is 0 Å². The van der Waals surface area contributed by atoms with Crippen LogP contribution >= 0.6 is 24.8 Å². The summed E-state index contributed by atoms with van der Waals surface area (Å²) in [6.07, 6.45) is 8.49. The Bertz CT molecular complexity index is 581. The van der Waals surface area contributed by atoms with Crippen molar-refractivity contribution < 1.29 is 4.79 Å². The Balaban J connectivity index is 0.00000110. The van der Waals surface area contributed by atoms with Crippen LogP contribution in [0.2, 0.25) is 0 Å². The molecule has 0 radical (unpaired) electrons. The number of hydrogen-bond acceptors (Lipinski definition) is 3. The summed E-state index contributed by atoms with van der Waals surface area (Å²) in [5.41, 5.74) is 1.98. The zero-order chi connectivity index (χ0) is 13.1. The Morgan fingerprint density at radius 3 is 3.05 bits per heavy atom. The van der Waals surface area contributed by atoms with E-state index in [1.54, 1.807) is 6.20 Å². The molecule has 0 bridgehead atoms. The van der Waals surface area contributed by atoms with Crippen molar-refractivity contribution in [2.24, 2.45) is 0 Å². The maximum absolute atomic E-state index is 11.8. The van der Waals surface area contributed by atoms with Crippen LogP contribution in [0.15, 0.2) is 30.7 Å². The summed E-state index contributed by atoms with van der Waals surface area (Å²) in [7, 11) is 0. The van der Waals surface area contributed by atoms with E-state index < -0.39 is 0 Å². The van der Waals surface area contributed by atoms with Gasteiger partial charge < -0.3 is 15.0 Å². The van der Waals surface area contributed by atoms with Gasteiger partial charge in [-0.1, -0.05) is 0 Å². The normalized spacial score (nSPS) is 17.0. The maximum Gasteiger partial charge on any atom is 0.221 e. The molecule has 0 aliphatic carbocycles. The molecule has 7 heteroatoms. The first-order valence-corrected chi connectivity index (χ1v) is 6.73. The number of fused-ring (bicyclic) bond motifs is 1. The lowest BCUT2D eigenvalue weighted by Gasteiger charge is -2.10. The fraction of sp³-hybridized carbons (Fsp3) is 0.429. The molecule has 1 saturated heterocycles. The quantitative estimate of drug-likeness (QED) is 0.900. The minimum absolute atomic E-state index is 0. The van der Waals surface area contributed by atoms with Crippen LogP contribution in [-0.4, -0.2) is 27.9 Å². The highest BCUT2D eigenvalue weighted by molar-refractivity contribution is 5.85. The summed E-state index contributed by atoms with van der Waals surface area (Å²) in [4.78, 5) is 16.0. The molecular formula is C14H20Cl2N4O. The Kier molecular flexibility index (Phi) is 6.95. The zero-order valence-electron chi connectivity index (χ0n) is 11.6. The molecule has 0 saturated carbocycles. The molecule has 3 rings (SSSR count). The van der Waals surface area contributed by atoms with E-state index in [1.807, 2.05) is 28.9 Å². The van der Waals surface area contributed by atoms with Gasteiger partial charge in [-0.25, -0.2) is 4.98 Å². The molecule has 1 fully saturated rings. The van der Waals surface area contributed by atoms with E-state index >= 15 is 0 Å². The Morgan fingerprint density at radius 2 is 2.29 bits per heavy atom. The number of nitrogens with zero attached hydrogens (tertiary/aromatic N) is 2. The number of carbonyl (C=O) groups excluding carboxylic acids is 1. The van der Waals surface area contributed by atoms with Crippen LogP contribution in [0.1, 0.15) is 24.8 Å². The molecule has 1 atom stereocenters. The lowest BCUT2D eigenvalue weighted by atomic mass is 10.1. The average Bonchev–Trinajstić information content (AvgIpc) is 3.06. The Labute approximate surface area is 136 Å². The molecule has 2 aromatic rings. The molecule has 21 heavy (non-hydrogen) atoms. The average molecular weight is 331 g/mol. The van der Waals surface area contributed by atoms with Crippen LogP contribution < -0.4 is 10.6 Å². The van der Waals surface area contributed by atoms with E-state index in [4.69, 9.17) is 0 Å². The number of aromatic nitrogens is 2. The van der Waals surface area contributed by atoms with Gasteiger partial charge in [0, 0.05) is 37.6 Å². The monoisotopic (exact) mass is 330 g/mol. The first-order valence-electron chi connectivity index (χ1n) is 6.73. The molecule has 1 aliphatic rings. The van der Waals surface area contributed by atoms with E-state index in [0.717, 1.165) is 24.2 Å². The van der Waals surface area contributed by atoms with E-state index in [9.17, 15) is 4.79 Å². The summed E-state index contributed by atoms with van der Waals surface area (Å²) in [5.74, 6) is 0.114. The van der Waals surface area contributed by atoms with Crippen molar-refractivity contribution in [1.29, 1.82) is 0 Å². The highest BCUT2D eigenvalue weighted by Gasteiger charge is 2.17. The molecule has 1 amide bonds. The summed E-state index contributed by atoms with van der Waals surface area (Å²) in [5, 5.41) is 6.30. The van der Waals surface area contributed by atoms with Crippen molar-refractivity contribution in [3.05, 3.63) is 36.3 Å². The van der Waals surface area contributed by atoms with Gasteiger partial charge in [-0.05, 0) is 37.1 Å². The van der Waals surface area contributed by atoms with Gasteiger partial charge in [0.15, 0.2) is 0 Å². The number of carbonyl (C=O) groups is 1. The number of amides is 1. The summed E-state index contributed by atoms with van der Waals surface area (Å²) in [6, 6.07) is 4.35. The van der Waals surface area contributed by atoms with Gasteiger partial charge in [0.2, 0.25) is 5.91 Å². The molecule has 5 nitrogen and oxygen atoms in total. The van der Waals surface area contributed by atoms with Crippen LogP contribution in [0.5, 0.6) is 0 Å². The lowest BCUT2D eigenvalue weighted by molar-refractivity contribution is -0.121. The Hall–Kier alpha value is -1.30.